The number of nitrogens with one attached hydrogen (secondary N) is 2. The van der Waals surface area contributed by atoms with Crippen LogP contribution in [-0.2, 0) is 4.79 Å². The van der Waals surface area contributed by atoms with Gasteiger partial charge in [-0.25, -0.2) is 0 Å². The molecule has 1 aromatic carbocycles. The van der Waals surface area contributed by atoms with E-state index in [1.54, 1.807) is 12.4 Å². The van der Waals surface area contributed by atoms with Gasteiger partial charge in [0.25, 0.3) is 0 Å². The Hall–Kier alpha value is -1.94. The lowest BCUT2D eigenvalue weighted by atomic mass is 10.0. The fourth-order valence-electron chi connectivity index (χ4n) is 1.93. The lowest BCUT2D eigenvalue weighted by Gasteiger charge is -2.26. The smallest absolute Gasteiger partial charge is 0.230 e. The van der Waals surface area contributed by atoms with Gasteiger partial charge in [0.1, 0.15) is 0 Å². The molecule has 0 radical (unpaired) electrons. The molecule has 2 heterocycles. The Labute approximate surface area is 99.0 Å². The van der Waals surface area contributed by atoms with Gasteiger partial charge in [-0.3, -0.25) is 9.78 Å². The van der Waals surface area contributed by atoms with Gasteiger partial charge in [-0.05, 0) is 17.5 Å². The molecule has 1 aliphatic rings. The van der Waals surface area contributed by atoms with Crippen LogP contribution in [0.3, 0.4) is 0 Å². The summed E-state index contributed by atoms with van der Waals surface area (Å²) in [6.45, 7) is 1.55. The number of pyridine rings is 1. The lowest BCUT2D eigenvalue weighted by molar-refractivity contribution is -0.121. The second-order valence-corrected chi connectivity index (χ2v) is 4.25. The van der Waals surface area contributed by atoms with Crippen LogP contribution in [0, 0.1) is 5.92 Å². The minimum Gasteiger partial charge on any atom is -0.325 e. The van der Waals surface area contributed by atoms with E-state index in [1.165, 1.54) is 0 Å². The lowest BCUT2D eigenvalue weighted by Crippen LogP contribution is -2.48. The van der Waals surface area contributed by atoms with E-state index in [4.69, 9.17) is 0 Å². The fraction of sp³-hybridized carbons (Fsp3) is 0.231. The van der Waals surface area contributed by atoms with E-state index in [9.17, 15) is 4.79 Å². The first-order valence-corrected chi connectivity index (χ1v) is 5.69. The standard InChI is InChI=1S/C13H13N3O/c17-13(10-6-15-7-10)16-12-3-1-2-9-4-5-14-8-11(9)12/h1-5,8,10,15H,6-7H2,(H,16,17). The van der Waals surface area contributed by atoms with Crippen molar-refractivity contribution in [3.8, 4) is 0 Å². The van der Waals surface area contributed by atoms with Crippen LogP contribution in [0.4, 0.5) is 5.69 Å². The van der Waals surface area contributed by atoms with Gasteiger partial charge < -0.3 is 10.6 Å². The summed E-state index contributed by atoms with van der Waals surface area (Å²) < 4.78 is 0. The molecule has 4 heteroatoms. The van der Waals surface area contributed by atoms with Crippen LogP contribution >= 0.6 is 0 Å². The average Bonchev–Trinajstić information content (AvgIpc) is 2.27. The summed E-state index contributed by atoms with van der Waals surface area (Å²) in [6.07, 6.45) is 3.54. The molecule has 0 saturated carbocycles. The first-order chi connectivity index (χ1) is 8.34. The molecule has 1 amide bonds. The van der Waals surface area contributed by atoms with Gasteiger partial charge >= 0.3 is 0 Å². The fourth-order valence-corrected chi connectivity index (χ4v) is 1.93. The van der Waals surface area contributed by atoms with E-state index in [0.717, 1.165) is 29.5 Å². The second-order valence-electron chi connectivity index (χ2n) is 4.25. The van der Waals surface area contributed by atoms with E-state index in [-0.39, 0.29) is 11.8 Å². The highest BCUT2D eigenvalue weighted by molar-refractivity contribution is 6.02. The number of nitrogens with zero attached hydrogens (tertiary/aromatic N) is 1. The van der Waals surface area contributed by atoms with Crippen molar-refractivity contribution in [2.45, 2.75) is 0 Å². The Bertz CT molecular complexity index is 558. The Morgan fingerprint density at radius 3 is 3.00 bits per heavy atom. The number of amides is 1. The van der Waals surface area contributed by atoms with E-state index in [1.807, 2.05) is 24.3 Å². The molecule has 1 aromatic heterocycles. The summed E-state index contributed by atoms with van der Waals surface area (Å²) in [5.74, 6) is 0.182. The summed E-state index contributed by atoms with van der Waals surface area (Å²) in [6, 6.07) is 7.80. The van der Waals surface area contributed by atoms with E-state index in [0.29, 0.717) is 0 Å². The van der Waals surface area contributed by atoms with Crippen molar-refractivity contribution in [1.29, 1.82) is 0 Å². The van der Waals surface area contributed by atoms with Crippen LogP contribution in [0.5, 0.6) is 0 Å². The number of hydrogen-bond donors (Lipinski definition) is 2. The number of anilines is 1. The van der Waals surface area contributed by atoms with E-state index < -0.39 is 0 Å². The average molecular weight is 227 g/mol. The molecule has 17 heavy (non-hydrogen) atoms. The maximum absolute atomic E-state index is 11.9. The molecule has 1 fully saturated rings. The van der Waals surface area contributed by atoms with Crippen LogP contribution in [0.15, 0.2) is 36.7 Å². The van der Waals surface area contributed by atoms with Crippen molar-refractivity contribution in [2.75, 3.05) is 18.4 Å². The van der Waals surface area contributed by atoms with Gasteiger partial charge in [-0.2, -0.15) is 0 Å². The van der Waals surface area contributed by atoms with Gasteiger partial charge in [0.2, 0.25) is 5.91 Å². The van der Waals surface area contributed by atoms with Crippen molar-refractivity contribution in [2.24, 2.45) is 5.92 Å². The van der Waals surface area contributed by atoms with Crippen LogP contribution in [0.1, 0.15) is 0 Å². The first kappa shape index (κ1) is 10.2. The van der Waals surface area contributed by atoms with Gasteiger partial charge in [-0.15, -0.1) is 0 Å². The molecule has 4 nitrogen and oxygen atoms in total. The molecule has 2 N–H and O–H groups in total. The molecule has 0 unspecified atom stereocenters. The molecule has 1 aliphatic heterocycles. The number of carbonyl (C=O) groups excluding carboxylic acids is 1. The minimum atomic E-state index is 0.0834. The van der Waals surface area contributed by atoms with Gasteiger partial charge in [0, 0.05) is 30.9 Å². The maximum Gasteiger partial charge on any atom is 0.230 e. The zero-order valence-electron chi connectivity index (χ0n) is 9.31. The van der Waals surface area contributed by atoms with Crippen LogP contribution in [-0.4, -0.2) is 24.0 Å². The summed E-state index contributed by atoms with van der Waals surface area (Å²) in [7, 11) is 0. The van der Waals surface area contributed by atoms with Crippen molar-refractivity contribution < 1.29 is 4.79 Å². The van der Waals surface area contributed by atoms with Crippen molar-refractivity contribution in [1.82, 2.24) is 10.3 Å². The number of fused-ring (bicyclic) bond motifs is 1. The molecule has 2 aromatic rings. The Morgan fingerprint density at radius 2 is 2.24 bits per heavy atom. The normalized spacial score (nSPS) is 15.5. The summed E-state index contributed by atoms with van der Waals surface area (Å²) >= 11 is 0. The molecule has 0 aliphatic carbocycles. The Morgan fingerprint density at radius 1 is 1.35 bits per heavy atom. The highest BCUT2D eigenvalue weighted by atomic mass is 16.2. The molecule has 3 rings (SSSR count). The molecule has 0 atom stereocenters. The van der Waals surface area contributed by atoms with Gasteiger partial charge in [0.05, 0.1) is 11.6 Å². The first-order valence-electron chi connectivity index (χ1n) is 5.69. The van der Waals surface area contributed by atoms with Crippen molar-refractivity contribution >= 4 is 22.4 Å². The molecule has 86 valence electrons. The monoisotopic (exact) mass is 227 g/mol. The third-order valence-corrected chi connectivity index (χ3v) is 3.09. The zero-order valence-corrected chi connectivity index (χ0v) is 9.31. The highest BCUT2D eigenvalue weighted by Gasteiger charge is 2.24. The SMILES string of the molecule is O=C(Nc1cccc2ccncc12)C1CNC1. The number of hydrogen-bond acceptors (Lipinski definition) is 3. The largest absolute Gasteiger partial charge is 0.325 e. The summed E-state index contributed by atoms with van der Waals surface area (Å²) in [4.78, 5) is 16.0. The zero-order chi connectivity index (χ0) is 11.7. The van der Waals surface area contributed by atoms with Crippen molar-refractivity contribution in [3.05, 3.63) is 36.7 Å². The second kappa shape index (κ2) is 4.14. The molecule has 1 saturated heterocycles. The number of carbonyl (C=O) groups is 1. The minimum absolute atomic E-state index is 0.0834. The highest BCUT2D eigenvalue weighted by Crippen LogP contribution is 2.22. The van der Waals surface area contributed by atoms with E-state index >= 15 is 0 Å². The van der Waals surface area contributed by atoms with Crippen molar-refractivity contribution in [3.63, 3.8) is 0 Å². The third-order valence-electron chi connectivity index (χ3n) is 3.09. The predicted octanol–water partition coefficient (Wildman–Crippen LogP) is 1.39. The topological polar surface area (TPSA) is 54.0 Å². The summed E-state index contributed by atoms with van der Waals surface area (Å²) in [5, 5.41) is 8.13. The summed E-state index contributed by atoms with van der Waals surface area (Å²) in [5.41, 5.74) is 0.840. The quantitative estimate of drug-likeness (QED) is 0.815. The van der Waals surface area contributed by atoms with Crippen LogP contribution < -0.4 is 10.6 Å². The van der Waals surface area contributed by atoms with Crippen LogP contribution in [0.25, 0.3) is 10.8 Å². The number of rotatable bonds is 2. The Kier molecular flexibility index (Phi) is 2.49. The number of aromatic nitrogens is 1. The molecule has 0 spiro atoms. The molecule has 0 bridgehead atoms. The Balaban J connectivity index is 1.91. The third kappa shape index (κ3) is 1.87. The molecular weight excluding hydrogens is 214 g/mol. The maximum atomic E-state index is 11.9. The van der Waals surface area contributed by atoms with Gasteiger partial charge in [-0.1, -0.05) is 12.1 Å². The predicted molar refractivity (Wildman–Crippen MR) is 66.7 cm³/mol. The van der Waals surface area contributed by atoms with Crippen LogP contribution in [0.2, 0.25) is 0 Å². The van der Waals surface area contributed by atoms with E-state index in [2.05, 4.69) is 15.6 Å². The van der Waals surface area contributed by atoms with Gasteiger partial charge in [0.15, 0.2) is 0 Å². The number of benzene rings is 1. The molecular formula is C13H13N3O.